The predicted molar refractivity (Wildman–Crippen MR) is 45.7 cm³/mol. The molecule has 0 radical (unpaired) electrons. The van der Waals surface area contributed by atoms with E-state index in [1.54, 1.807) is 6.92 Å². The molecular formula is C9H16O3. The second kappa shape index (κ2) is 6.83. The summed E-state index contributed by atoms with van der Waals surface area (Å²) in [6, 6.07) is 0. The Morgan fingerprint density at radius 2 is 2.17 bits per heavy atom. The average Bonchev–Trinajstić information content (AvgIpc) is 2.01. The lowest BCUT2D eigenvalue weighted by Gasteiger charge is -2.08. The van der Waals surface area contributed by atoms with Crippen LogP contribution >= 0.6 is 0 Å². The lowest BCUT2D eigenvalue weighted by molar-refractivity contribution is -0.129. The van der Waals surface area contributed by atoms with Gasteiger partial charge in [-0.1, -0.05) is 6.92 Å². The molecule has 0 bridgehead atoms. The summed E-state index contributed by atoms with van der Waals surface area (Å²) in [5, 5.41) is 0. The number of hydrogen-bond acceptors (Lipinski definition) is 3. The molecule has 0 aromatic rings. The van der Waals surface area contributed by atoms with Crippen LogP contribution in [0.3, 0.4) is 0 Å². The Hall–Kier alpha value is -0.860. The third-order valence-electron chi connectivity index (χ3n) is 1.79. The third kappa shape index (κ3) is 7.25. The number of carbonyl (C=O) groups is 2. The minimum absolute atomic E-state index is 0.221. The van der Waals surface area contributed by atoms with Gasteiger partial charge in [-0.2, -0.15) is 0 Å². The molecule has 3 heteroatoms. The van der Waals surface area contributed by atoms with Crippen molar-refractivity contribution in [3.63, 3.8) is 0 Å². The van der Waals surface area contributed by atoms with Crippen LogP contribution in [0.15, 0.2) is 0 Å². The SMILES string of the molecule is CC(=O)CCC(C)CCOC=O. The van der Waals surface area contributed by atoms with Crippen molar-refractivity contribution >= 4 is 12.3 Å². The Kier molecular flexibility index (Phi) is 6.34. The van der Waals surface area contributed by atoms with E-state index in [9.17, 15) is 9.59 Å². The first-order chi connectivity index (χ1) is 5.66. The molecule has 0 aromatic heterocycles. The first kappa shape index (κ1) is 11.1. The van der Waals surface area contributed by atoms with Gasteiger partial charge < -0.3 is 9.53 Å². The van der Waals surface area contributed by atoms with Gasteiger partial charge in [-0.05, 0) is 25.7 Å². The minimum atomic E-state index is 0.221. The zero-order valence-electron chi connectivity index (χ0n) is 7.71. The van der Waals surface area contributed by atoms with Crippen molar-refractivity contribution in [2.75, 3.05) is 6.61 Å². The second-order valence-corrected chi connectivity index (χ2v) is 3.10. The lowest BCUT2D eigenvalue weighted by Crippen LogP contribution is -2.03. The Morgan fingerprint density at radius 1 is 1.50 bits per heavy atom. The fourth-order valence-electron chi connectivity index (χ4n) is 0.911. The van der Waals surface area contributed by atoms with E-state index in [-0.39, 0.29) is 5.78 Å². The molecule has 1 atom stereocenters. The Bertz CT molecular complexity index is 143. The number of ketones is 1. The predicted octanol–water partition coefficient (Wildman–Crippen LogP) is 1.55. The van der Waals surface area contributed by atoms with Gasteiger partial charge in [0, 0.05) is 6.42 Å². The maximum absolute atomic E-state index is 10.6. The molecule has 0 fully saturated rings. The summed E-state index contributed by atoms with van der Waals surface area (Å²) < 4.78 is 4.55. The summed E-state index contributed by atoms with van der Waals surface area (Å²) in [5.74, 6) is 0.673. The van der Waals surface area contributed by atoms with E-state index in [2.05, 4.69) is 11.7 Å². The summed E-state index contributed by atoms with van der Waals surface area (Å²) in [6.45, 7) is 4.56. The van der Waals surface area contributed by atoms with Gasteiger partial charge in [0.25, 0.3) is 6.47 Å². The maximum atomic E-state index is 10.6. The quantitative estimate of drug-likeness (QED) is 0.432. The van der Waals surface area contributed by atoms with Gasteiger partial charge in [-0.3, -0.25) is 4.79 Å². The van der Waals surface area contributed by atoms with Crippen LogP contribution in [0.2, 0.25) is 0 Å². The van der Waals surface area contributed by atoms with Crippen molar-refractivity contribution in [3.05, 3.63) is 0 Å². The van der Waals surface area contributed by atoms with Crippen molar-refractivity contribution in [3.8, 4) is 0 Å². The smallest absolute Gasteiger partial charge is 0.293 e. The molecule has 0 spiro atoms. The molecule has 0 heterocycles. The lowest BCUT2D eigenvalue weighted by atomic mass is 10.0. The van der Waals surface area contributed by atoms with Gasteiger partial charge >= 0.3 is 0 Å². The molecule has 70 valence electrons. The molecule has 0 N–H and O–H groups in total. The minimum Gasteiger partial charge on any atom is -0.468 e. The van der Waals surface area contributed by atoms with E-state index in [1.165, 1.54) is 0 Å². The van der Waals surface area contributed by atoms with Crippen molar-refractivity contribution in [1.82, 2.24) is 0 Å². The molecule has 0 amide bonds. The molecule has 3 nitrogen and oxygen atoms in total. The monoisotopic (exact) mass is 172 g/mol. The topological polar surface area (TPSA) is 43.4 Å². The molecule has 0 aromatic carbocycles. The molecule has 0 rings (SSSR count). The largest absolute Gasteiger partial charge is 0.468 e. The number of hydrogen-bond donors (Lipinski definition) is 0. The van der Waals surface area contributed by atoms with Crippen LogP contribution < -0.4 is 0 Å². The molecule has 1 unspecified atom stereocenters. The van der Waals surface area contributed by atoms with Gasteiger partial charge in [0.15, 0.2) is 0 Å². The first-order valence-corrected chi connectivity index (χ1v) is 4.21. The molecule has 0 aliphatic carbocycles. The molecule has 0 aliphatic rings. The van der Waals surface area contributed by atoms with Gasteiger partial charge in [0.2, 0.25) is 0 Å². The van der Waals surface area contributed by atoms with Crippen molar-refractivity contribution in [2.24, 2.45) is 5.92 Å². The molecule has 0 saturated carbocycles. The van der Waals surface area contributed by atoms with Crippen LogP contribution in [0.5, 0.6) is 0 Å². The number of ether oxygens (including phenoxy) is 1. The van der Waals surface area contributed by atoms with E-state index in [0.29, 0.717) is 25.4 Å². The number of carbonyl (C=O) groups excluding carboxylic acids is 2. The van der Waals surface area contributed by atoms with E-state index in [4.69, 9.17) is 0 Å². The van der Waals surface area contributed by atoms with E-state index in [0.717, 1.165) is 12.8 Å². The summed E-state index contributed by atoms with van der Waals surface area (Å²) in [4.78, 5) is 20.4. The first-order valence-electron chi connectivity index (χ1n) is 4.21. The van der Waals surface area contributed by atoms with Crippen LogP contribution in [-0.2, 0) is 14.3 Å². The van der Waals surface area contributed by atoms with Crippen LogP contribution in [0, 0.1) is 5.92 Å². The van der Waals surface area contributed by atoms with E-state index in [1.807, 2.05) is 0 Å². The second-order valence-electron chi connectivity index (χ2n) is 3.10. The number of rotatable bonds is 7. The normalized spacial score (nSPS) is 12.2. The highest BCUT2D eigenvalue weighted by atomic mass is 16.5. The zero-order chi connectivity index (χ0) is 9.40. The van der Waals surface area contributed by atoms with Crippen molar-refractivity contribution in [1.29, 1.82) is 0 Å². The van der Waals surface area contributed by atoms with Gasteiger partial charge in [0.1, 0.15) is 5.78 Å². The molecule has 0 aliphatic heterocycles. The highest BCUT2D eigenvalue weighted by molar-refractivity contribution is 5.75. The van der Waals surface area contributed by atoms with Crippen LogP contribution in [0.4, 0.5) is 0 Å². The van der Waals surface area contributed by atoms with Crippen LogP contribution in [-0.4, -0.2) is 18.9 Å². The van der Waals surface area contributed by atoms with Gasteiger partial charge in [0.05, 0.1) is 6.61 Å². The highest BCUT2D eigenvalue weighted by Crippen LogP contribution is 2.09. The Labute approximate surface area is 73.1 Å². The Balaban J connectivity index is 3.26. The molecular weight excluding hydrogens is 156 g/mol. The summed E-state index contributed by atoms with van der Waals surface area (Å²) >= 11 is 0. The highest BCUT2D eigenvalue weighted by Gasteiger charge is 2.03. The summed E-state index contributed by atoms with van der Waals surface area (Å²) in [5.41, 5.74) is 0. The van der Waals surface area contributed by atoms with Crippen molar-refractivity contribution < 1.29 is 14.3 Å². The van der Waals surface area contributed by atoms with E-state index >= 15 is 0 Å². The molecule has 12 heavy (non-hydrogen) atoms. The standard InChI is InChI=1S/C9H16O3/c1-8(3-4-9(2)11)5-6-12-7-10/h7-8H,3-6H2,1-2H3. The third-order valence-corrected chi connectivity index (χ3v) is 1.79. The van der Waals surface area contributed by atoms with Crippen LogP contribution in [0.1, 0.15) is 33.1 Å². The maximum Gasteiger partial charge on any atom is 0.293 e. The van der Waals surface area contributed by atoms with E-state index < -0.39 is 0 Å². The summed E-state index contributed by atoms with van der Waals surface area (Å²) in [6.07, 6.45) is 2.35. The summed E-state index contributed by atoms with van der Waals surface area (Å²) in [7, 11) is 0. The van der Waals surface area contributed by atoms with Crippen LogP contribution in [0.25, 0.3) is 0 Å². The number of Topliss-reactive ketones (excluding diaryl/α,β-unsaturated/α-hetero) is 1. The zero-order valence-corrected chi connectivity index (χ0v) is 7.71. The van der Waals surface area contributed by atoms with Crippen molar-refractivity contribution in [2.45, 2.75) is 33.1 Å². The van der Waals surface area contributed by atoms with Gasteiger partial charge in [-0.25, -0.2) is 0 Å². The Morgan fingerprint density at radius 3 is 2.67 bits per heavy atom. The average molecular weight is 172 g/mol. The fraction of sp³-hybridized carbons (Fsp3) is 0.778. The molecule has 0 saturated heterocycles. The van der Waals surface area contributed by atoms with Gasteiger partial charge in [-0.15, -0.1) is 0 Å². The fourth-order valence-corrected chi connectivity index (χ4v) is 0.911.